The zero-order valence-electron chi connectivity index (χ0n) is 12.7. The van der Waals surface area contributed by atoms with Gasteiger partial charge >= 0.3 is 0 Å². The van der Waals surface area contributed by atoms with Gasteiger partial charge in [-0.2, -0.15) is 10.5 Å². The van der Waals surface area contributed by atoms with Crippen molar-refractivity contribution in [2.75, 3.05) is 0 Å². The standard InChI is InChI=1S/C6H11N2.C3H4N2.2C2N3/c1-3-8-5-4-7(2)6-8;1-2-5-3-4-1;2*3-1-5-2-4/h4-6H,3H2,1-2H3;1-3H,(H,4,5);;/q+1;;2*-1/p+1. The van der Waals surface area contributed by atoms with E-state index in [1.807, 2.05) is 30.2 Å². The Kier molecular flexibility index (Phi) is 16.9. The van der Waals surface area contributed by atoms with E-state index >= 15 is 0 Å². The molecular weight excluding hydrogens is 296 g/mol. The number of imidazole rings is 2. The van der Waals surface area contributed by atoms with Gasteiger partial charge in [0.1, 0.15) is 24.8 Å². The maximum Gasteiger partial charge on any atom is 0.243 e. The highest BCUT2D eigenvalue weighted by Gasteiger charge is 1.92. The van der Waals surface area contributed by atoms with Gasteiger partial charge in [0.2, 0.25) is 12.7 Å². The van der Waals surface area contributed by atoms with Crippen LogP contribution in [0.15, 0.2) is 47.4 Å². The smallest absolute Gasteiger partial charge is 0.243 e. The number of nitrogens with one attached hydrogen (secondary N) is 2. The molecule has 0 aromatic carbocycles. The van der Waals surface area contributed by atoms with Crippen LogP contribution in [0.1, 0.15) is 6.92 Å². The minimum Gasteiger partial charge on any atom is -0.422 e. The minimum atomic E-state index is 1.06. The molecule has 0 fully saturated rings. The van der Waals surface area contributed by atoms with Crippen LogP contribution in [0.2, 0.25) is 0 Å². The first kappa shape index (κ1) is 21.5. The number of rotatable bonds is 1. The SMILES string of the molecule is CCn1cc[n+](C)c1.N#CN=C=[N-].N#CN=C=[N-].c1c[nH+]c[nH]1. The summed E-state index contributed by atoms with van der Waals surface area (Å²) < 4.78 is 4.16. The molecule has 2 aromatic rings. The molecule has 0 unspecified atom stereocenters. The van der Waals surface area contributed by atoms with Gasteiger partial charge < -0.3 is 20.8 Å². The van der Waals surface area contributed by atoms with Gasteiger partial charge in [-0.05, 0) is 6.92 Å². The highest BCUT2D eigenvalue weighted by molar-refractivity contribution is 5.46. The molecule has 0 saturated carbocycles. The van der Waals surface area contributed by atoms with Gasteiger partial charge in [-0.15, -0.1) is 12.0 Å². The molecule has 10 heteroatoms. The second kappa shape index (κ2) is 18.2. The van der Waals surface area contributed by atoms with Crippen LogP contribution in [0.5, 0.6) is 0 Å². The number of aliphatic imine (C=N–C) groups is 2. The molecular formula is C13H16N10. The van der Waals surface area contributed by atoms with Crippen LogP contribution in [0, 0.1) is 22.9 Å². The molecule has 0 atom stereocenters. The highest BCUT2D eigenvalue weighted by Crippen LogP contribution is 1.79. The third-order valence-electron chi connectivity index (χ3n) is 1.83. The molecule has 118 valence electrons. The zero-order valence-corrected chi connectivity index (χ0v) is 12.7. The van der Waals surface area contributed by atoms with Crippen molar-refractivity contribution in [1.82, 2.24) is 9.55 Å². The molecule has 2 N–H and O–H groups in total. The first-order valence-corrected chi connectivity index (χ1v) is 6.11. The van der Waals surface area contributed by atoms with Crippen molar-refractivity contribution in [1.29, 1.82) is 10.5 Å². The van der Waals surface area contributed by atoms with E-state index in [0.29, 0.717) is 0 Å². The molecule has 2 aromatic heterocycles. The molecule has 0 radical (unpaired) electrons. The van der Waals surface area contributed by atoms with Crippen LogP contribution in [-0.4, -0.2) is 21.6 Å². The Morgan fingerprint density at radius 3 is 2.00 bits per heavy atom. The van der Waals surface area contributed by atoms with E-state index in [9.17, 15) is 0 Å². The number of H-pyrrole nitrogens is 2. The average Bonchev–Trinajstić information content (AvgIpc) is 3.24. The quantitative estimate of drug-likeness (QED) is 0.464. The number of aromatic amines is 2. The van der Waals surface area contributed by atoms with E-state index in [1.54, 1.807) is 6.33 Å². The molecule has 0 bridgehead atoms. The molecule has 0 amide bonds. The summed E-state index contributed by atoms with van der Waals surface area (Å²) >= 11 is 0. The molecule has 0 spiro atoms. The predicted molar refractivity (Wildman–Crippen MR) is 81.4 cm³/mol. The van der Waals surface area contributed by atoms with Gasteiger partial charge in [0.15, 0.2) is 0 Å². The lowest BCUT2D eigenvalue weighted by molar-refractivity contribution is -0.671. The Balaban J connectivity index is 0. The molecule has 0 saturated heterocycles. The lowest BCUT2D eigenvalue weighted by Crippen LogP contribution is -2.23. The average molecular weight is 312 g/mol. The van der Waals surface area contributed by atoms with Gasteiger partial charge in [-0.1, -0.05) is 0 Å². The van der Waals surface area contributed by atoms with Gasteiger partial charge in [-0.25, -0.2) is 9.13 Å². The van der Waals surface area contributed by atoms with E-state index in [2.05, 4.69) is 44.0 Å². The Labute approximate surface area is 133 Å². The number of aryl methyl sites for hydroxylation is 2. The fraction of sp³-hybridized carbons (Fsp3) is 0.231. The normalized spacial score (nSPS) is 6.78. The second-order valence-corrected chi connectivity index (χ2v) is 3.34. The van der Waals surface area contributed by atoms with Crippen molar-refractivity contribution < 1.29 is 9.55 Å². The highest BCUT2D eigenvalue weighted by atomic mass is 15.1. The van der Waals surface area contributed by atoms with Crippen LogP contribution in [0.25, 0.3) is 10.8 Å². The Hall–Kier alpha value is -3.84. The summed E-state index contributed by atoms with van der Waals surface area (Å²) in [6.07, 6.45) is 14.1. The minimum absolute atomic E-state index is 1.06. The van der Waals surface area contributed by atoms with Crippen molar-refractivity contribution in [3.05, 3.63) is 48.3 Å². The molecule has 23 heavy (non-hydrogen) atoms. The molecule has 2 heterocycles. The largest absolute Gasteiger partial charge is 0.422 e. The number of hydrogen-bond donors (Lipinski definition) is 1. The van der Waals surface area contributed by atoms with E-state index in [4.69, 9.17) is 21.3 Å². The van der Waals surface area contributed by atoms with Crippen molar-refractivity contribution >= 4 is 12.0 Å². The lowest BCUT2D eigenvalue weighted by Gasteiger charge is -1.81. The first-order chi connectivity index (χ1) is 11.2. The summed E-state index contributed by atoms with van der Waals surface area (Å²) in [6.45, 7) is 3.18. The maximum absolute atomic E-state index is 7.43. The Morgan fingerprint density at radius 1 is 1.26 bits per heavy atom. The molecule has 10 nitrogen and oxygen atoms in total. The third kappa shape index (κ3) is 18.2. The number of nitriles is 2. The van der Waals surface area contributed by atoms with Gasteiger partial charge in [0.05, 0.1) is 26.0 Å². The number of aromatic nitrogens is 4. The fourth-order valence-corrected chi connectivity index (χ4v) is 0.974. The summed E-state index contributed by atoms with van der Waals surface area (Å²) in [4.78, 5) is 10.8. The van der Waals surface area contributed by atoms with Gasteiger partial charge in [0.25, 0.3) is 0 Å². The number of hydrogen-bond acceptors (Lipinski definition) is 4. The maximum atomic E-state index is 7.43. The van der Waals surface area contributed by atoms with Crippen molar-refractivity contribution in [2.45, 2.75) is 13.5 Å². The van der Waals surface area contributed by atoms with Crippen LogP contribution >= 0.6 is 0 Å². The second-order valence-electron chi connectivity index (χ2n) is 3.34. The Morgan fingerprint density at radius 2 is 1.87 bits per heavy atom. The van der Waals surface area contributed by atoms with Gasteiger partial charge in [-0.3, -0.25) is 9.97 Å². The van der Waals surface area contributed by atoms with Crippen molar-refractivity contribution in [3.8, 4) is 12.4 Å². The summed E-state index contributed by atoms with van der Waals surface area (Å²) in [5.41, 5.74) is 0. The molecule has 0 aliphatic carbocycles. The zero-order chi connectivity index (χ0) is 17.8. The number of nitrogens with zero attached hydrogens (tertiary/aromatic N) is 8. The lowest BCUT2D eigenvalue weighted by atomic mass is 10.7. The summed E-state index contributed by atoms with van der Waals surface area (Å²) in [5.74, 6) is 0. The Bertz CT molecular complexity index is 628. The first-order valence-electron chi connectivity index (χ1n) is 6.11. The van der Waals surface area contributed by atoms with E-state index in [-0.39, 0.29) is 0 Å². The monoisotopic (exact) mass is 312 g/mol. The molecule has 2 rings (SSSR count). The van der Waals surface area contributed by atoms with Crippen LogP contribution in [-0.2, 0) is 13.6 Å². The fourth-order valence-electron chi connectivity index (χ4n) is 0.974. The van der Waals surface area contributed by atoms with Gasteiger partial charge in [0, 0.05) is 0 Å². The predicted octanol–water partition coefficient (Wildman–Crippen LogP) is 0.583. The van der Waals surface area contributed by atoms with E-state index in [0.717, 1.165) is 6.54 Å². The van der Waals surface area contributed by atoms with Crippen LogP contribution < -0.4 is 9.55 Å². The van der Waals surface area contributed by atoms with Crippen LogP contribution in [0.3, 0.4) is 0 Å². The molecule has 0 aliphatic heterocycles. The van der Waals surface area contributed by atoms with E-state index < -0.39 is 0 Å². The van der Waals surface area contributed by atoms with Crippen molar-refractivity contribution in [3.63, 3.8) is 0 Å². The third-order valence-corrected chi connectivity index (χ3v) is 1.83. The molecule has 0 aliphatic rings. The van der Waals surface area contributed by atoms with Crippen LogP contribution in [0.4, 0.5) is 0 Å². The van der Waals surface area contributed by atoms with E-state index in [1.165, 1.54) is 24.4 Å². The summed E-state index contributed by atoms with van der Waals surface area (Å²) in [6, 6.07) is 2.56. The summed E-state index contributed by atoms with van der Waals surface area (Å²) in [7, 11) is 2.02. The topological polar surface area (TPSA) is 156 Å². The van der Waals surface area contributed by atoms with Crippen molar-refractivity contribution in [2.24, 2.45) is 17.0 Å². The summed E-state index contributed by atoms with van der Waals surface area (Å²) in [5, 5.41) is 29.7.